The second-order valence-corrected chi connectivity index (χ2v) is 9.49. The minimum atomic E-state index is -0.712. The van der Waals surface area contributed by atoms with Crippen molar-refractivity contribution >= 4 is 23.6 Å². The third-order valence-corrected chi connectivity index (χ3v) is 5.57. The molecule has 4 nitrogen and oxygen atoms in total. The van der Waals surface area contributed by atoms with Crippen LogP contribution in [0.1, 0.15) is 44.4 Å². The van der Waals surface area contributed by atoms with E-state index in [2.05, 4.69) is 5.32 Å². The first-order valence-corrected chi connectivity index (χ1v) is 11.2. The molecule has 1 N–H and O–H groups in total. The molecule has 162 valence electrons. The Balaban J connectivity index is 2.10. The SMILES string of the molecule is Cc1ccc(CSCC(=O)N(Cc2ccccc2F)[C@H](C)C(=O)NC(C)(C)C)cc1. The van der Waals surface area contributed by atoms with Gasteiger partial charge in [0.15, 0.2) is 0 Å². The molecule has 0 aliphatic heterocycles. The largest absolute Gasteiger partial charge is 0.350 e. The molecule has 0 heterocycles. The summed E-state index contributed by atoms with van der Waals surface area (Å²) in [5, 5.41) is 2.91. The van der Waals surface area contributed by atoms with E-state index in [-0.39, 0.29) is 29.9 Å². The highest BCUT2D eigenvalue weighted by Crippen LogP contribution is 2.18. The number of halogens is 1. The Morgan fingerprint density at radius 1 is 1.10 bits per heavy atom. The van der Waals surface area contributed by atoms with Gasteiger partial charge in [0.05, 0.1) is 5.75 Å². The van der Waals surface area contributed by atoms with Crippen LogP contribution in [0.5, 0.6) is 0 Å². The molecular formula is C24H31FN2O2S. The van der Waals surface area contributed by atoms with Crippen LogP contribution in [0.4, 0.5) is 4.39 Å². The average Bonchev–Trinajstić information content (AvgIpc) is 2.67. The smallest absolute Gasteiger partial charge is 0.242 e. The Kier molecular flexibility index (Phi) is 8.47. The summed E-state index contributed by atoms with van der Waals surface area (Å²) in [6.45, 7) is 9.43. The first kappa shape index (κ1) is 23.9. The Labute approximate surface area is 183 Å². The first-order chi connectivity index (χ1) is 14.1. The van der Waals surface area contributed by atoms with Crippen molar-refractivity contribution in [3.63, 3.8) is 0 Å². The van der Waals surface area contributed by atoms with E-state index in [9.17, 15) is 14.0 Å². The van der Waals surface area contributed by atoms with Crippen molar-refractivity contribution < 1.29 is 14.0 Å². The molecule has 6 heteroatoms. The number of hydrogen-bond donors (Lipinski definition) is 1. The Morgan fingerprint density at radius 3 is 2.33 bits per heavy atom. The minimum Gasteiger partial charge on any atom is -0.350 e. The number of thioether (sulfide) groups is 1. The van der Waals surface area contributed by atoms with Crippen molar-refractivity contribution in [2.45, 2.75) is 58.5 Å². The molecule has 0 aliphatic rings. The second kappa shape index (κ2) is 10.6. The number of aryl methyl sites for hydroxylation is 1. The van der Waals surface area contributed by atoms with Gasteiger partial charge in [-0.25, -0.2) is 4.39 Å². The summed E-state index contributed by atoms with van der Waals surface area (Å²) in [4.78, 5) is 27.2. The van der Waals surface area contributed by atoms with Gasteiger partial charge in [-0.05, 0) is 46.2 Å². The van der Waals surface area contributed by atoms with Gasteiger partial charge in [0.2, 0.25) is 11.8 Å². The van der Waals surface area contributed by atoms with E-state index in [1.54, 1.807) is 25.1 Å². The second-order valence-electron chi connectivity index (χ2n) is 8.51. The van der Waals surface area contributed by atoms with Crippen LogP contribution in [0.3, 0.4) is 0 Å². The number of carbonyl (C=O) groups excluding carboxylic acids is 2. The van der Waals surface area contributed by atoms with E-state index in [1.807, 2.05) is 52.0 Å². The number of nitrogens with one attached hydrogen (secondary N) is 1. The average molecular weight is 431 g/mol. The van der Waals surface area contributed by atoms with Crippen molar-refractivity contribution in [2.75, 3.05) is 5.75 Å². The van der Waals surface area contributed by atoms with Crippen molar-refractivity contribution in [1.29, 1.82) is 0 Å². The van der Waals surface area contributed by atoms with Gasteiger partial charge in [-0.15, -0.1) is 11.8 Å². The van der Waals surface area contributed by atoms with Gasteiger partial charge in [-0.2, -0.15) is 0 Å². The molecule has 2 rings (SSSR count). The Bertz CT molecular complexity index is 862. The molecule has 0 spiro atoms. The highest BCUT2D eigenvalue weighted by atomic mass is 32.2. The van der Waals surface area contributed by atoms with Crippen molar-refractivity contribution in [2.24, 2.45) is 0 Å². The fourth-order valence-corrected chi connectivity index (χ4v) is 3.76. The summed E-state index contributed by atoms with van der Waals surface area (Å²) in [6, 6.07) is 13.8. The fourth-order valence-electron chi connectivity index (χ4n) is 2.89. The van der Waals surface area contributed by atoms with Crippen molar-refractivity contribution in [3.8, 4) is 0 Å². The van der Waals surface area contributed by atoms with Gasteiger partial charge in [0, 0.05) is 23.4 Å². The molecule has 30 heavy (non-hydrogen) atoms. The van der Waals surface area contributed by atoms with E-state index in [1.165, 1.54) is 28.3 Å². The summed E-state index contributed by atoms with van der Waals surface area (Å²) in [6.07, 6.45) is 0. The summed E-state index contributed by atoms with van der Waals surface area (Å²) >= 11 is 1.49. The quantitative estimate of drug-likeness (QED) is 0.660. The van der Waals surface area contributed by atoms with E-state index < -0.39 is 11.6 Å². The number of carbonyl (C=O) groups is 2. The molecule has 0 saturated heterocycles. The molecule has 0 radical (unpaired) electrons. The van der Waals surface area contributed by atoms with E-state index in [0.717, 1.165) is 5.56 Å². The van der Waals surface area contributed by atoms with Crippen LogP contribution in [0.25, 0.3) is 0 Å². The maximum Gasteiger partial charge on any atom is 0.242 e. The zero-order valence-corrected chi connectivity index (χ0v) is 19.2. The first-order valence-electron chi connectivity index (χ1n) is 10.0. The normalized spacial score (nSPS) is 12.3. The van der Waals surface area contributed by atoms with E-state index in [0.29, 0.717) is 11.3 Å². The van der Waals surface area contributed by atoms with Crippen LogP contribution in [0, 0.1) is 12.7 Å². The zero-order valence-electron chi connectivity index (χ0n) is 18.4. The predicted octanol–water partition coefficient (Wildman–Crippen LogP) is 4.70. The number of nitrogens with zero attached hydrogens (tertiary/aromatic N) is 1. The molecule has 0 bridgehead atoms. The number of rotatable bonds is 8. The molecule has 0 unspecified atom stereocenters. The molecule has 2 aromatic rings. The van der Waals surface area contributed by atoms with E-state index >= 15 is 0 Å². The molecule has 0 aromatic heterocycles. The number of amides is 2. The fraction of sp³-hybridized carbons (Fsp3) is 0.417. The van der Waals surface area contributed by atoms with Gasteiger partial charge in [-0.1, -0.05) is 48.0 Å². The molecule has 2 amide bonds. The third kappa shape index (κ3) is 7.48. The van der Waals surface area contributed by atoms with Gasteiger partial charge in [0.25, 0.3) is 0 Å². The Hall–Kier alpha value is -2.34. The van der Waals surface area contributed by atoms with Crippen LogP contribution >= 0.6 is 11.8 Å². The zero-order chi connectivity index (χ0) is 22.3. The predicted molar refractivity (Wildman–Crippen MR) is 122 cm³/mol. The van der Waals surface area contributed by atoms with Crippen molar-refractivity contribution in [3.05, 3.63) is 71.0 Å². The lowest BCUT2D eigenvalue weighted by Gasteiger charge is -2.31. The van der Waals surface area contributed by atoms with Crippen LogP contribution in [0.15, 0.2) is 48.5 Å². The van der Waals surface area contributed by atoms with Crippen LogP contribution < -0.4 is 5.32 Å². The number of benzene rings is 2. The molecule has 2 aromatic carbocycles. The highest BCUT2D eigenvalue weighted by molar-refractivity contribution is 7.99. The molecule has 0 aliphatic carbocycles. The minimum absolute atomic E-state index is 0.0509. The summed E-state index contributed by atoms with van der Waals surface area (Å²) in [5.74, 6) is 0.0890. The van der Waals surface area contributed by atoms with Crippen molar-refractivity contribution in [1.82, 2.24) is 10.2 Å². The van der Waals surface area contributed by atoms with Crippen LogP contribution in [-0.2, 0) is 21.9 Å². The van der Waals surface area contributed by atoms with E-state index in [4.69, 9.17) is 0 Å². The maximum atomic E-state index is 14.2. The lowest BCUT2D eigenvalue weighted by molar-refractivity contribution is -0.139. The summed E-state index contributed by atoms with van der Waals surface area (Å²) in [5.41, 5.74) is 2.30. The van der Waals surface area contributed by atoms with Gasteiger partial charge >= 0.3 is 0 Å². The topological polar surface area (TPSA) is 49.4 Å². The third-order valence-electron chi connectivity index (χ3n) is 4.58. The lowest BCUT2D eigenvalue weighted by atomic mass is 10.1. The van der Waals surface area contributed by atoms with Gasteiger partial charge in [0.1, 0.15) is 11.9 Å². The van der Waals surface area contributed by atoms with Gasteiger partial charge < -0.3 is 10.2 Å². The van der Waals surface area contributed by atoms with Crippen LogP contribution in [-0.4, -0.2) is 34.0 Å². The molecule has 0 saturated carbocycles. The monoisotopic (exact) mass is 430 g/mol. The summed E-state index contributed by atoms with van der Waals surface area (Å²) < 4.78 is 14.2. The molecule has 1 atom stereocenters. The highest BCUT2D eigenvalue weighted by Gasteiger charge is 2.28. The van der Waals surface area contributed by atoms with Gasteiger partial charge in [-0.3, -0.25) is 9.59 Å². The van der Waals surface area contributed by atoms with Crippen LogP contribution in [0.2, 0.25) is 0 Å². The molecular weight excluding hydrogens is 399 g/mol. The standard InChI is InChI=1S/C24H31FN2O2S/c1-17-10-12-19(13-11-17)15-30-16-22(28)27(14-20-8-6-7-9-21(20)25)18(2)23(29)26-24(3,4)5/h6-13,18H,14-16H2,1-5H3,(H,26,29)/t18-/m1/s1. The maximum absolute atomic E-state index is 14.2. The lowest BCUT2D eigenvalue weighted by Crippen LogP contribution is -2.52. The summed E-state index contributed by atoms with van der Waals surface area (Å²) in [7, 11) is 0. The Morgan fingerprint density at radius 2 is 1.73 bits per heavy atom. The number of hydrogen-bond acceptors (Lipinski definition) is 3. The molecule has 0 fully saturated rings.